The van der Waals surface area contributed by atoms with Gasteiger partial charge in [0.2, 0.25) is 0 Å². The first-order chi connectivity index (χ1) is 13.8. The number of likely N-dealkylation sites (tertiary alicyclic amines) is 1. The van der Waals surface area contributed by atoms with Crippen molar-refractivity contribution in [1.29, 1.82) is 0 Å². The second-order valence-electron chi connectivity index (χ2n) is 7.90. The summed E-state index contributed by atoms with van der Waals surface area (Å²) in [5, 5.41) is 10.5. The van der Waals surface area contributed by atoms with Crippen molar-refractivity contribution in [3.05, 3.63) is 52.6 Å². The molecule has 0 unspecified atom stereocenters. The van der Waals surface area contributed by atoms with Crippen LogP contribution < -0.4 is 0 Å². The number of rotatable bonds is 3. The molecule has 5 nitrogen and oxygen atoms in total. The van der Waals surface area contributed by atoms with E-state index in [-0.39, 0.29) is 11.1 Å². The van der Waals surface area contributed by atoms with Crippen LogP contribution in [0.4, 0.5) is 9.18 Å². The molecule has 152 valence electrons. The molecule has 29 heavy (non-hydrogen) atoms. The van der Waals surface area contributed by atoms with Crippen LogP contribution in [0.3, 0.4) is 0 Å². The first-order valence-electron chi connectivity index (χ1n) is 9.80. The van der Waals surface area contributed by atoms with Crippen molar-refractivity contribution in [1.82, 2.24) is 14.9 Å². The van der Waals surface area contributed by atoms with Crippen LogP contribution in [-0.4, -0.2) is 39.2 Å². The average molecular weight is 416 g/mol. The number of piperidine rings is 1. The zero-order valence-electron chi connectivity index (χ0n) is 16.4. The maximum atomic E-state index is 14.5. The number of aromatic amines is 1. The van der Waals surface area contributed by atoms with Gasteiger partial charge in [0.1, 0.15) is 5.15 Å². The van der Waals surface area contributed by atoms with Crippen molar-refractivity contribution in [2.24, 2.45) is 0 Å². The molecule has 0 radical (unpaired) electrons. The molecule has 0 aliphatic carbocycles. The molecule has 4 rings (SSSR count). The summed E-state index contributed by atoms with van der Waals surface area (Å²) in [7, 11) is 0. The summed E-state index contributed by atoms with van der Waals surface area (Å²) in [4.78, 5) is 19.8. The maximum absolute atomic E-state index is 14.5. The Bertz CT molecular complexity index is 1070. The van der Waals surface area contributed by atoms with E-state index in [0.717, 1.165) is 41.2 Å². The average Bonchev–Trinajstić information content (AvgIpc) is 3.08. The molecule has 0 spiro atoms. The van der Waals surface area contributed by atoms with Crippen molar-refractivity contribution in [2.45, 2.75) is 38.5 Å². The molecule has 0 atom stereocenters. The van der Waals surface area contributed by atoms with E-state index in [1.165, 1.54) is 10.5 Å². The Kier molecular flexibility index (Phi) is 5.21. The smallest absolute Gasteiger partial charge is 0.407 e. The fraction of sp³-hybridized carbons (Fsp3) is 0.364. The number of nitrogens with zero attached hydrogens (tertiary/aromatic N) is 2. The molecule has 1 fully saturated rings. The predicted molar refractivity (Wildman–Crippen MR) is 112 cm³/mol. The molecule has 1 aliphatic rings. The summed E-state index contributed by atoms with van der Waals surface area (Å²) >= 11 is 6.02. The summed E-state index contributed by atoms with van der Waals surface area (Å²) in [6.45, 7) is 5.28. The number of carboxylic acid groups (broad SMARTS) is 1. The van der Waals surface area contributed by atoms with Gasteiger partial charge in [-0.1, -0.05) is 31.5 Å². The number of hydrogen-bond acceptors (Lipinski definition) is 2. The number of pyridine rings is 1. The van der Waals surface area contributed by atoms with E-state index in [4.69, 9.17) is 16.7 Å². The topological polar surface area (TPSA) is 69.2 Å². The van der Waals surface area contributed by atoms with Gasteiger partial charge in [-0.15, -0.1) is 0 Å². The minimum Gasteiger partial charge on any atom is -0.465 e. The summed E-state index contributed by atoms with van der Waals surface area (Å²) in [6.07, 6.45) is 1.91. The molecule has 1 amide bonds. The van der Waals surface area contributed by atoms with E-state index >= 15 is 0 Å². The summed E-state index contributed by atoms with van der Waals surface area (Å²) in [5.74, 6) is 0.0822. The number of aromatic nitrogens is 2. The zero-order valence-corrected chi connectivity index (χ0v) is 17.1. The van der Waals surface area contributed by atoms with Crippen molar-refractivity contribution in [2.75, 3.05) is 13.1 Å². The molecule has 1 aliphatic heterocycles. The van der Waals surface area contributed by atoms with Gasteiger partial charge in [-0.25, -0.2) is 14.2 Å². The van der Waals surface area contributed by atoms with E-state index in [9.17, 15) is 9.18 Å². The van der Waals surface area contributed by atoms with Gasteiger partial charge in [0.05, 0.1) is 11.9 Å². The van der Waals surface area contributed by atoms with Gasteiger partial charge in [-0.2, -0.15) is 0 Å². The van der Waals surface area contributed by atoms with Gasteiger partial charge in [0.15, 0.2) is 5.82 Å². The van der Waals surface area contributed by atoms with Crippen molar-refractivity contribution in [3.8, 4) is 11.3 Å². The minimum absolute atomic E-state index is 0.175. The van der Waals surface area contributed by atoms with E-state index in [1.54, 1.807) is 6.07 Å². The Morgan fingerprint density at radius 2 is 2.03 bits per heavy atom. The first kappa shape index (κ1) is 19.7. The van der Waals surface area contributed by atoms with E-state index in [1.807, 2.05) is 6.07 Å². The van der Waals surface area contributed by atoms with Crippen LogP contribution in [-0.2, 0) is 0 Å². The van der Waals surface area contributed by atoms with Crippen LogP contribution in [0.2, 0.25) is 5.15 Å². The molecule has 3 heterocycles. The molecule has 7 heteroatoms. The number of fused-ring (bicyclic) bond motifs is 1. The van der Waals surface area contributed by atoms with E-state index in [2.05, 4.69) is 35.9 Å². The van der Waals surface area contributed by atoms with Gasteiger partial charge in [-0.3, -0.25) is 0 Å². The normalized spacial score (nSPS) is 15.4. The van der Waals surface area contributed by atoms with Gasteiger partial charge < -0.3 is 15.0 Å². The lowest BCUT2D eigenvalue weighted by molar-refractivity contribution is 0.132. The second kappa shape index (κ2) is 7.67. The molecule has 3 aromatic rings. The van der Waals surface area contributed by atoms with Crippen LogP contribution in [0.25, 0.3) is 22.2 Å². The van der Waals surface area contributed by atoms with Crippen molar-refractivity contribution >= 4 is 28.6 Å². The number of nitrogens with one attached hydrogen (secondary N) is 1. The Morgan fingerprint density at radius 3 is 2.69 bits per heavy atom. The van der Waals surface area contributed by atoms with Gasteiger partial charge in [-0.05, 0) is 54.0 Å². The lowest BCUT2D eigenvalue weighted by Gasteiger charge is -2.30. The van der Waals surface area contributed by atoms with Gasteiger partial charge in [0, 0.05) is 29.6 Å². The first-order valence-corrected chi connectivity index (χ1v) is 10.2. The SMILES string of the molecule is CC(C)c1c(-c2cc(Cl)ncc2F)[nH]c2ccc(C3CCN(C(=O)O)CC3)cc12. The van der Waals surface area contributed by atoms with Gasteiger partial charge in [0.25, 0.3) is 0 Å². The fourth-order valence-electron chi connectivity index (χ4n) is 4.31. The Balaban J connectivity index is 1.76. The second-order valence-corrected chi connectivity index (χ2v) is 8.29. The van der Waals surface area contributed by atoms with Crippen molar-refractivity contribution in [3.63, 3.8) is 0 Å². The molecular weight excluding hydrogens is 393 g/mol. The Labute approximate surface area is 173 Å². The quantitative estimate of drug-likeness (QED) is 0.515. The lowest BCUT2D eigenvalue weighted by atomic mass is 9.87. The largest absolute Gasteiger partial charge is 0.465 e. The molecule has 1 saturated heterocycles. The lowest BCUT2D eigenvalue weighted by Crippen LogP contribution is -2.36. The number of benzene rings is 1. The zero-order chi connectivity index (χ0) is 20.7. The highest BCUT2D eigenvalue weighted by atomic mass is 35.5. The molecule has 1 aromatic carbocycles. The van der Waals surface area contributed by atoms with Crippen LogP contribution in [0, 0.1) is 5.82 Å². The van der Waals surface area contributed by atoms with Crippen molar-refractivity contribution < 1.29 is 14.3 Å². The number of halogens is 2. The number of amides is 1. The standard InChI is InChI=1S/C22H23ClFN3O2/c1-12(2)20-16-9-14(13-5-7-27(8-6-13)22(28)29)3-4-18(16)26-21(20)15-10-19(23)25-11-17(15)24/h3-4,9-13,26H,5-8H2,1-2H3,(H,28,29). The third-order valence-electron chi connectivity index (χ3n) is 5.77. The van der Waals surface area contributed by atoms with Crippen LogP contribution in [0.1, 0.15) is 49.7 Å². The molecular formula is C22H23ClFN3O2. The Morgan fingerprint density at radius 1 is 1.31 bits per heavy atom. The number of H-pyrrole nitrogens is 1. The summed E-state index contributed by atoms with van der Waals surface area (Å²) < 4.78 is 14.5. The number of carbonyl (C=O) groups is 1. The third-order valence-corrected chi connectivity index (χ3v) is 5.98. The minimum atomic E-state index is -0.852. The van der Waals surface area contributed by atoms with Gasteiger partial charge >= 0.3 is 6.09 Å². The number of hydrogen-bond donors (Lipinski definition) is 2. The highest BCUT2D eigenvalue weighted by molar-refractivity contribution is 6.29. The highest BCUT2D eigenvalue weighted by Crippen LogP contribution is 2.39. The third kappa shape index (κ3) is 3.69. The summed E-state index contributed by atoms with van der Waals surface area (Å²) in [6, 6.07) is 7.84. The predicted octanol–water partition coefficient (Wildman–Crippen LogP) is 6.00. The molecule has 2 aromatic heterocycles. The molecule has 0 bridgehead atoms. The summed E-state index contributed by atoms with van der Waals surface area (Å²) in [5.41, 5.74) is 4.34. The van der Waals surface area contributed by atoms with Crippen LogP contribution in [0.15, 0.2) is 30.5 Å². The Hall–Kier alpha value is -2.60. The maximum Gasteiger partial charge on any atom is 0.407 e. The van der Waals surface area contributed by atoms with Crippen LogP contribution in [0.5, 0.6) is 0 Å². The highest BCUT2D eigenvalue weighted by Gasteiger charge is 2.25. The monoisotopic (exact) mass is 415 g/mol. The fourth-order valence-corrected chi connectivity index (χ4v) is 4.46. The van der Waals surface area contributed by atoms with Crippen LogP contribution >= 0.6 is 11.6 Å². The molecule has 0 saturated carbocycles. The van der Waals surface area contributed by atoms with E-state index in [0.29, 0.717) is 24.6 Å². The van der Waals surface area contributed by atoms with E-state index < -0.39 is 11.9 Å². The molecule has 2 N–H and O–H groups in total.